The van der Waals surface area contributed by atoms with Crippen LogP contribution in [0.5, 0.6) is 0 Å². The van der Waals surface area contributed by atoms with Gasteiger partial charge in [-0.15, -0.1) is 12.4 Å². The van der Waals surface area contributed by atoms with Crippen LogP contribution in [-0.4, -0.2) is 35.3 Å². The van der Waals surface area contributed by atoms with E-state index in [4.69, 9.17) is 5.73 Å². The summed E-state index contributed by atoms with van der Waals surface area (Å²) in [4.78, 5) is 6.55. The van der Waals surface area contributed by atoms with Gasteiger partial charge in [0, 0.05) is 47.5 Å². The lowest BCUT2D eigenvalue weighted by Crippen LogP contribution is -2.42. The fraction of sp³-hybridized carbons (Fsp3) is 0.471. The minimum absolute atomic E-state index is 0. The van der Waals surface area contributed by atoms with Crippen LogP contribution in [0, 0.1) is 0 Å². The molecule has 0 saturated heterocycles. The van der Waals surface area contributed by atoms with Crippen LogP contribution in [0.3, 0.4) is 0 Å². The molecular formula is C17H24ClN3O. The lowest BCUT2D eigenvalue weighted by Gasteiger charge is -2.38. The standard InChI is InChI=1S/C17H23N3O.ClH/c18-14-4-6-15(7-5-14)20(10-11-21)17-3-1-2-13-12-19-9-8-16(13)17;/h1-3,8-9,12,14-15,21H,4-7,10-11,18H2;1H/t14-,15+;. The summed E-state index contributed by atoms with van der Waals surface area (Å²) in [6.07, 6.45) is 8.07. The van der Waals surface area contributed by atoms with E-state index < -0.39 is 0 Å². The third kappa shape index (κ3) is 3.51. The van der Waals surface area contributed by atoms with Crippen molar-refractivity contribution in [2.24, 2.45) is 5.73 Å². The van der Waals surface area contributed by atoms with Gasteiger partial charge < -0.3 is 15.7 Å². The zero-order valence-electron chi connectivity index (χ0n) is 12.7. The fourth-order valence-electron chi connectivity index (χ4n) is 3.38. The van der Waals surface area contributed by atoms with Crippen molar-refractivity contribution in [3.8, 4) is 0 Å². The molecule has 5 heteroatoms. The molecule has 1 aliphatic carbocycles. The van der Waals surface area contributed by atoms with Crippen LogP contribution in [-0.2, 0) is 0 Å². The number of hydrogen-bond donors (Lipinski definition) is 2. The first kappa shape index (κ1) is 17.0. The number of hydrogen-bond acceptors (Lipinski definition) is 4. The second-order valence-corrected chi connectivity index (χ2v) is 5.86. The number of nitrogens with two attached hydrogens (primary N) is 1. The zero-order valence-corrected chi connectivity index (χ0v) is 13.5. The zero-order chi connectivity index (χ0) is 14.7. The number of aliphatic hydroxyl groups excluding tert-OH is 1. The number of anilines is 1. The number of halogens is 1. The summed E-state index contributed by atoms with van der Waals surface area (Å²) in [5.74, 6) is 0. The van der Waals surface area contributed by atoms with E-state index in [9.17, 15) is 5.11 Å². The van der Waals surface area contributed by atoms with Crippen molar-refractivity contribution in [1.29, 1.82) is 0 Å². The Morgan fingerprint density at radius 2 is 1.95 bits per heavy atom. The molecule has 3 rings (SSSR count). The molecule has 1 heterocycles. The summed E-state index contributed by atoms with van der Waals surface area (Å²) in [6.45, 7) is 0.839. The van der Waals surface area contributed by atoms with Crippen molar-refractivity contribution in [2.75, 3.05) is 18.1 Å². The third-order valence-electron chi connectivity index (χ3n) is 4.49. The van der Waals surface area contributed by atoms with Gasteiger partial charge >= 0.3 is 0 Å². The number of rotatable bonds is 4. The number of fused-ring (bicyclic) bond motifs is 1. The van der Waals surface area contributed by atoms with Gasteiger partial charge in [0.2, 0.25) is 0 Å². The maximum Gasteiger partial charge on any atom is 0.0606 e. The van der Waals surface area contributed by atoms with E-state index in [1.807, 2.05) is 12.4 Å². The molecule has 0 atom stereocenters. The van der Waals surface area contributed by atoms with E-state index in [0.717, 1.165) is 31.1 Å². The molecule has 0 radical (unpaired) electrons. The Morgan fingerprint density at radius 1 is 1.18 bits per heavy atom. The van der Waals surface area contributed by atoms with Gasteiger partial charge in [0.05, 0.1) is 6.61 Å². The van der Waals surface area contributed by atoms with Crippen LogP contribution in [0.25, 0.3) is 10.8 Å². The molecule has 3 N–H and O–H groups in total. The third-order valence-corrected chi connectivity index (χ3v) is 4.49. The lowest BCUT2D eigenvalue weighted by molar-refractivity contribution is 0.287. The maximum atomic E-state index is 9.47. The van der Waals surface area contributed by atoms with E-state index in [-0.39, 0.29) is 19.0 Å². The molecule has 4 nitrogen and oxygen atoms in total. The molecule has 1 saturated carbocycles. The largest absolute Gasteiger partial charge is 0.395 e. The molecule has 0 bridgehead atoms. The Labute approximate surface area is 137 Å². The van der Waals surface area contributed by atoms with Crippen LogP contribution in [0.4, 0.5) is 5.69 Å². The van der Waals surface area contributed by atoms with E-state index in [1.54, 1.807) is 0 Å². The quantitative estimate of drug-likeness (QED) is 0.909. The first-order valence-electron chi connectivity index (χ1n) is 7.75. The van der Waals surface area contributed by atoms with Crippen molar-refractivity contribution in [3.05, 3.63) is 36.7 Å². The summed E-state index contributed by atoms with van der Waals surface area (Å²) < 4.78 is 0. The molecular weight excluding hydrogens is 298 g/mol. The Balaban J connectivity index is 0.00000176. The highest BCUT2D eigenvalue weighted by atomic mass is 35.5. The number of aliphatic hydroxyl groups is 1. The van der Waals surface area contributed by atoms with Gasteiger partial charge in [-0.3, -0.25) is 4.98 Å². The summed E-state index contributed by atoms with van der Waals surface area (Å²) >= 11 is 0. The van der Waals surface area contributed by atoms with Crippen LogP contribution in [0.2, 0.25) is 0 Å². The van der Waals surface area contributed by atoms with E-state index in [0.29, 0.717) is 18.6 Å². The minimum Gasteiger partial charge on any atom is -0.395 e. The molecule has 1 aromatic heterocycles. The Morgan fingerprint density at radius 3 is 2.68 bits per heavy atom. The molecule has 1 aromatic carbocycles. The first-order valence-corrected chi connectivity index (χ1v) is 7.75. The fourth-order valence-corrected chi connectivity index (χ4v) is 3.38. The average molecular weight is 322 g/mol. The van der Waals surface area contributed by atoms with Crippen molar-refractivity contribution in [1.82, 2.24) is 4.98 Å². The predicted octanol–water partition coefficient (Wildman–Crippen LogP) is 2.73. The Kier molecular flexibility index (Phi) is 6.00. The molecule has 0 spiro atoms. The predicted molar refractivity (Wildman–Crippen MR) is 93.7 cm³/mol. The Hall–Kier alpha value is -1.36. The summed E-state index contributed by atoms with van der Waals surface area (Å²) in [7, 11) is 0. The first-order chi connectivity index (χ1) is 10.3. The number of aromatic nitrogens is 1. The van der Waals surface area contributed by atoms with Gasteiger partial charge in [0.1, 0.15) is 0 Å². The van der Waals surface area contributed by atoms with Gasteiger partial charge in [-0.25, -0.2) is 0 Å². The molecule has 1 aliphatic rings. The van der Waals surface area contributed by atoms with Crippen LogP contribution in [0.15, 0.2) is 36.7 Å². The van der Waals surface area contributed by atoms with Crippen LogP contribution >= 0.6 is 12.4 Å². The highest BCUT2D eigenvalue weighted by Gasteiger charge is 2.25. The van der Waals surface area contributed by atoms with Gasteiger partial charge in [0.15, 0.2) is 0 Å². The number of nitrogens with zero attached hydrogens (tertiary/aromatic N) is 2. The Bertz CT molecular complexity index is 594. The summed E-state index contributed by atoms with van der Waals surface area (Å²) in [5.41, 5.74) is 7.22. The molecule has 22 heavy (non-hydrogen) atoms. The van der Waals surface area contributed by atoms with E-state index in [1.165, 1.54) is 11.1 Å². The molecule has 120 valence electrons. The van der Waals surface area contributed by atoms with E-state index in [2.05, 4.69) is 34.1 Å². The van der Waals surface area contributed by atoms with Crippen molar-refractivity contribution in [2.45, 2.75) is 37.8 Å². The smallest absolute Gasteiger partial charge is 0.0606 e. The highest BCUT2D eigenvalue weighted by Crippen LogP contribution is 2.31. The minimum atomic E-state index is 0. The van der Waals surface area contributed by atoms with Gasteiger partial charge in [-0.2, -0.15) is 0 Å². The molecule has 1 fully saturated rings. The lowest BCUT2D eigenvalue weighted by atomic mass is 9.90. The van der Waals surface area contributed by atoms with Crippen molar-refractivity contribution >= 4 is 28.9 Å². The van der Waals surface area contributed by atoms with Gasteiger partial charge in [0.25, 0.3) is 0 Å². The molecule has 0 amide bonds. The summed E-state index contributed by atoms with van der Waals surface area (Å²) in [5, 5.41) is 11.8. The number of pyridine rings is 1. The van der Waals surface area contributed by atoms with Crippen LogP contribution in [0.1, 0.15) is 25.7 Å². The molecule has 0 unspecified atom stereocenters. The SMILES string of the molecule is Cl.N[C@H]1CC[C@@H](N(CCO)c2cccc3cnccc23)CC1. The van der Waals surface area contributed by atoms with Crippen LogP contribution < -0.4 is 10.6 Å². The molecule has 0 aliphatic heterocycles. The van der Waals surface area contributed by atoms with Gasteiger partial charge in [-0.05, 0) is 37.8 Å². The summed E-state index contributed by atoms with van der Waals surface area (Å²) in [6, 6.07) is 9.17. The average Bonchev–Trinajstić information content (AvgIpc) is 2.53. The van der Waals surface area contributed by atoms with Crippen molar-refractivity contribution < 1.29 is 5.11 Å². The number of benzene rings is 1. The van der Waals surface area contributed by atoms with Gasteiger partial charge in [-0.1, -0.05) is 12.1 Å². The molecule has 2 aromatic rings. The second-order valence-electron chi connectivity index (χ2n) is 5.86. The monoisotopic (exact) mass is 321 g/mol. The highest BCUT2D eigenvalue weighted by molar-refractivity contribution is 5.93. The maximum absolute atomic E-state index is 9.47. The second kappa shape index (κ2) is 7.77. The topological polar surface area (TPSA) is 62.4 Å². The van der Waals surface area contributed by atoms with E-state index >= 15 is 0 Å². The normalized spacial score (nSPS) is 21.4. The van der Waals surface area contributed by atoms with Crippen molar-refractivity contribution in [3.63, 3.8) is 0 Å².